The minimum Gasteiger partial charge on any atom is -0.329 e. The van der Waals surface area contributed by atoms with Crippen LogP contribution in [0.4, 0.5) is 0 Å². The van der Waals surface area contributed by atoms with Gasteiger partial charge in [0.2, 0.25) is 0 Å². The summed E-state index contributed by atoms with van der Waals surface area (Å²) in [6, 6.07) is 1.49. The van der Waals surface area contributed by atoms with E-state index in [0.717, 1.165) is 24.5 Å². The summed E-state index contributed by atoms with van der Waals surface area (Å²) in [7, 11) is 2.38. The highest BCUT2D eigenvalue weighted by Crippen LogP contribution is 2.42. The first-order chi connectivity index (χ1) is 9.19. The van der Waals surface area contributed by atoms with Gasteiger partial charge in [0.1, 0.15) is 0 Å². The molecule has 3 nitrogen and oxygen atoms in total. The average molecular weight is 265 g/mol. The number of rotatable bonds is 3. The first-order valence-corrected chi connectivity index (χ1v) is 8.36. The molecule has 3 fully saturated rings. The Kier molecular flexibility index (Phi) is 3.89. The lowest BCUT2D eigenvalue weighted by molar-refractivity contribution is 0.0140. The van der Waals surface area contributed by atoms with Gasteiger partial charge in [-0.15, -0.1) is 0 Å². The number of hydrogen-bond donors (Lipinski definition) is 1. The Morgan fingerprint density at radius 1 is 1.16 bits per heavy atom. The van der Waals surface area contributed by atoms with E-state index >= 15 is 0 Å². The van der Waals surface area contributed by atoms with Crippen molar-refractivity contribution in [3.63, 3.8) is 0 Å². The van der Waals surface area contributed by atoms with Crippen molar-refractivity contribution in [2.75, 3.05) is 26.7 Å². The van der Waals surface area contributed by atoms with Crippen molar-refractivity contribution < 1.29 is 0 Å². The lowest BCUT2D eigenvalue weighted by atomic mass is 9.79. The molecule has 0 aromatic carbocycles. The van der Waals surface area contributed by atoms with Gasteiger partial charge in [-0.2, -0.15) is 0 Å². The molecule has 3 aliphatic rings. The quantitative estimate of drug-likeness (QED) is 0.848. The van der Waals surface area contributed by atoms with E-state index in [1.807, 2.05) is 0 Å². The second-order valence-electron chi connectivity index (χ2n) is 7.19. The Labute approximate surface area is 118 Å². The number of likely N-dealkylation sites (N-methyl/N-ethyl adjacent to an activating group) is 1. The van der Waals surface area contributed by atoms with Crippen LogP contribution < -0.4 is 5.73 Å². The molecular formula is C16H31N3. The monoisotopic (exact) mass is 265 g/mol. The fourth-order valence-corrected chi connectivity index (χ4v) is 5.20. The van der Waals surface area contributed by atoms with Crippen LogP contribution in [0.5, 0.6) is 0 Å². The Bertz CT molecular complexity index is 319. The first-order valence-electron chi connectivity index (χ1n) is 8.36. The van der Waals surface area contributed by atoms with E-state index in [0.29, 0.717) is 0 Å². The number of nitrogens with two attached hydrogens (primary N) is 1. The third kappa shape index (κ3) is 2.14. The minimum absolute atomic E-state index is 0.271. The van der Waals surface area contributed by atoms with E-state index < -0.39 is 0 Å². The molecule has 0 amide bonds. The highest BCUT2D eigenvalue weighted by molar-refractivity contribution is 5.10. The summed E-state index contributed by atoms with van der Waals surface area (Å²) < 4.78 is 0. The second kappa shape index (κ2) is 5.34. The number of nitrogens with zero attached hydrogens (tertiary/aromatic N) is 2. The van der Waals surface area contributed by atoms with E-state index in [4.69, 9.17) is 5.73 Å². The average Bonchev–Trinajstić information content (AvgIpc) is 3.00. The zero-order chi connectivity index (χ0) is 13.5. The van der Waals surface area contributed by atoms with Gasteiger partial charge in [0.25, 0.3) is 0 Å². The summed E-state index contributed by atoms with van der Waals surface area (Å²) in [6.07, 6.45) is 9.65. The van der Waals surface area contributed by atoms with Crippen LogP contribution in [-0.4, -0.2) is 54.1 Å². The summed E-state index contributed by atoms with van der Waals surface area (Å²) in [5, 5.41) is 0. The maximum Gasteiger partial charge on any atom is 0.0498 e. The van der Waals surface area contributed by atoms with Crippen LogP contribution in [0.1, 0.15) is 51.9 Å². The van der Waals surface area contributed by atoms with Gasteiger partial charge in [0.05, 0.1) is 0 Å². The van der Waals surface area contributed by atoms with Gasteiger partial charge < -0.3 is 5.73 Å². The Morgan fingerprint density at radius 2 is 1.95 bits per heavy atom. The highest BCUT2D eigenvalue weighted by atomic mass is 15.3. The Balaban J connectivity index is 1.81. The van der Waals surface area contributed by atoms with Gasteiger partial charge in [-0.25, -0.2) is 0 Å². The molecule has 0 radical (unpaired) electrons. The van der Waals surface area contributed by atoms with Crippen LogP contribution in [-0.2, 0) is 0 Å². The minimum atomic E-state index is 0.271. The number of fused-ring (bicyclic) bond motifs is 1. The van der Waals surface area contributed by atoms with Gasteiger partial charge in [-0.05, 0) is 51.6 Å². The molecule has 2 N–H and O–H groups in total. The molecule has 2 heterocycles. The van der Waals surface area contributed by atoms with E-state index in [-0.39, 0.29) is 5.54 Å². The molecule has 0 aromatic heterocycles. The molecule has 0 spiro atoms. The molecule has 3 heteroatoms. The van der Waals surface area contributed by atoms with Gasteiger partial charge in [0, 0.05) is 30.7 Å². The third-order valence-corrected chi connectivity index (χ3v) is 6.44. The van der Waals surface area contributed by atoms with Gasteiger partial charge in [-0.3, -0.25) is 9.80 Å². The molecule has 4 unspecified atom stereocenters. The van der Waals surface area contributed by atoms with Crippen LogP contribution in [0.25, 0.3) is 0 Å². The molecule has 0 bridgehead atoms. The highest BCUT2D eigenvalue weighted by Gasteiger charge is 2.52. The van der Waals surface area contributed by atoms with Crippen LogP contribution in [0.3, 0.4) is 0 Å². The van der Waals surface area contributed by atoms with Crippen LogP contribution in [0.2, 0.25) is 0 Å². The Morgan fingerprint density at radius 3 is 2.68 bits per heavy atom. The largest absolute Gasteiger partial charge is 0.329 e. The summed E-state index contributed by atoms with van der Waals surface area (Å²) in [5.74, 6) is 0.845. The fourth-order valence-electron chi connectivity index (χ4n) is 5.20. The van der Waals surface area contributed by atoms with E-state index in [1.165, 1.54) is 58.0 Å². The van der Waals surface area contributed by atoms with Crippen molar-refractivity contribution in [3.8, 4) is 0 Å². The van der Waals surface area contributed by atoms with Gasteiger partial charge in [0.15, 0.2) is 0 Å². The maximum absolute atomic E-state index is 6.31. The topological polar surface area (TPSA) is 32.5 Å². The van der Waals surface area contributed by atoms with Crippen molar-refractivity contribution in [2.45, 2.75) is 69.5 Å². The zero-order valence-corrected chi connectivity index (χ0v) is 12.8. The summed E-state index contributed by atoms with van der Waals surface area (Å²) in [4.78, 5) is 5.43. The molecule has 19 heavy (non-hydrogen) atoms. The summed E-state index contributed by atoms with van der Waals surface area (Å²) in [5.41, 5.74) is 6.58. The number of hydrogen-bond acceptors (Lipinski definition) is 3. The van der Waals surface area contributed by atoms with Crippen molar-refractivity contribution in [2.24, 2.45) is 11.7 Å². The normalized spacial score (nSPS) is 43.9. The molecule has 1 saturated carbocycles. The SMILES string of the molecule is CC1CCCCC1N(C)C1(CN)CCN2CCCC21. The molecule has 2 saturated heterocycles. The van der Waals surface area contributed by atoms with Gasteiger partial charge in [-0.1, -0.05) is 19.8 Å². The van der Waals surface area contributed by atoms with E-state index in [1.54, 1.807) is 0 Å². The zero-order valence-electron chi connectivity index (χ0n) is 12.8. The fraction of sp³-hybridized carbons (Fsp3) is 1.00. The molecule has 4 atom stereocenters. The molecule has 110 valence electrons. The van der Waals surface area contributed by atoms with Crippen molar-refractivity contribution in [3.05, 3.63) is 0 Å². The maximum atomic E-state index is 6.31. The van der Waals surface area contributed by atoms with Crippen molar-refractivity contribution in [1.82, 2.24) is 9.80 Å². The standard InChI is InChI=1S/C16H31N3/c1-13-6-3-4-7-14(13)18(2)16(12-17)9-11-19-10-5-8-15(16)19/h13-15H,3-12,17H2,1-2H3. The second-order valence-corrected chi connectivity index (χ2v) is 7.19. The lowest BCUT2D eigenvalue weighted by Gasteiger charge is -2.49. The molecule has 1 aliphatic carbocycles. The van der Waals surface area contributed by atoms with Crippen LogP contribution >= 0.6 is 0 Å². The predicted octanol–water partition coefficient (Wildman–Crippen LogP) is 2.06. The summed E-state index contributed by atoms with van der Waals surface area (Å²) in [6.45, 7) is 5.87. The van der Waals surface area contributed by atoms with Crippen LogP contribution in [0.15, 0.2) is 0 Å². The molecular weight excluding hydrogens is 234 g/mol. The van der Waals surface area contributed by atoms with E-state index in [9.17, 15) is 0 Å². The van der Waals surface area contributed by atoms with E-state index in [2.05, 4.69) is 23.8 Å². The van der Waals surface area contributed by atoms with Crippen molar-refractivity contribution >= 4 is 0 Å². The smallest absolute Gasteiger partial charge is 0.0498 e. The van der Waals surface area contributed by atoms with Crippen molar-refractivity contribution in [1.29, 1.82) is 0 Å². The van der Waals surface area contributed by atoms with Crippen LogP contribution in [0, 0.1) is 5.92 Å². The lowest BCUT2D eigenvalue weighted by Crippen LogP contribution is -2.62. The predicted molar refractivity (Wildman–Crippen MR) is 80.2 cm³/mol. The molecule has 3 rings (SSSR count). The molecule has 2 aliphatic heterocycles. The summed E-state index contributed by atoms with van der Waals surface area (Å²) >= 11 is 0. The Hall–Kier alpha value is -0.120. The van der Waals surface area contributed by atoms with Gasteiger partial charge >= 0.3 is 0 Å². The third-order valence-electron chi connectivity index (χ3n) is 6.44. The molecule has 0 aromatic rings. The first kappa shape index (κ1) is 13.8.